The highest BCUT2D eigenvalue weighted by atomic mass is 16.5. The van der Waals surface area contributed by atoms with Gasteiger partial charge in [0, 0.05) is 11.3 Å². The van der Waals surface area contributed by atoms with E-state index in [0.29, 0.717) is 12.2 Å². The van der Waals surface area contributed by atoms with Crippen molar-refractivity contribution >= 4 is 17.5 Å². The Morgan fingerprint density at radius 2 is 1.87 bits per heavy atom. The van der Waals surface area contributed by atoms with Crippen LogP contribution in [0.15, 0.2) is 42.5 Å². The third kappa shape index (κ3) is 5.53. The number of rotatable bonds is 9. The molecule has 1 unspecified atom stereocenters. The Morgan fingerprint density at radius 1 is 1.17 bits per heavy atom. The summed E-state index contributed by atoms with van der Waals surface area (Å²) < 4.78 is 11.6. The summed E-state index contributed by atoms with van der Waals surface area (Å²) in [5.41, 5.74) is 8.85. The first-order chi connectivity index (χ1) is 14.5. The molecule has 1 fully saturated rings. The number of nitrogen functional groups attached to an aromatic ring is 1. The fraction of sp³-hybridized carbons (Fsp3) is 0.417. The predicted octanol–water partition coefficient (Wildman–Crippen LogP) is 4.57. The SMILES string of the molecule is CCOC(=O)C(Nc1ccc(C(=N)N)cc1)c1cc(CC)cc(OC2CCCC2)c1. The lowest BCUT2D eigenvalue weighted by atomic mass is 10.0. The van der Waals surface area contributed by atoms with Crippen molar-refractivity contribution in [2.24, 2.45) is 5.73 Å². The average molecular weight is 410 g/mol. The highest BCUT2D eigenvalue weighted by Crippen LogP contribution is 2.30. The Bertz CT molecular complexity index is 874. The van der Waals surface area contributed by atoms with Crippen LogP contribution < -0.4 is 15.8 Å². The van der Waals surface area contributed by atoms with Gasteiger partial charge in [-0.15, -0.1) is 0 Å². The van der Waals surface area contributed by atoms with Crippen molar-refractivity contribution in [1.29, 1.82) is 5.41 Å². The van der Waals surface area contributed by atoms with Gasteiger partial charge in [-0.05, 0) is 86.6 Å². The largest absolute Gasteiger partial charge is 0.490 e. The summed E-state index contributed by atoms with van der Waals surface area (Å²) in [6.45, 7) is 4.19. The molecule has 0 radical (unpaired) electrons. The van der Waals surface area contributed by atoms with Gasteiger partial charge in [0.1, 0.15) is 11.6 Å². The van der Waals surface area contributed by atoms with Crippen LogP contribution in [0.1, 0.15) is 62.3 Å². The highest BCUT2D eigenvalue weighted by molar-refractivity contribution is 5.95. The Balaban J connectivity index is 1.89. The average Bonchev–Trinajstić information content (AvgIpc) is 3.25. The summed E-state index contributed by atoms with van der Waals surface area (Å²) in [6.07, 6.45) is 5.65. The second-order valence-electron chi connectivity index (χ2n) is 7.61. The van der Waals surface area contributed by atoms with Crippen LogP contribution in [0.3, 0.4) is 0 Å². The van der Waals surface area contributed by atoms with Gasteiger partial charge in [-0.3, -0.25) is 5.41 Å². The fourth-order valence-corrected chi connectivity index (χ4v) is 3.74. The van der Waals surface area contributed by atoms with E-state index < -0.39 is 6.04 Å². The molecule has 3 rings (SSSR count). The number of nitrogens with two attached hydrogens (primary N) is 1. The van der Waals surface area contributed by atoms with E-state index in [4.69, 9.17) is 20.6 Å². The Kier molecular flexibility index (Phi) is 7.33. The third-order valence-corrected chi connectivity index (χ3v) is 5.36. The maximum absolute atomic E-state index is 12.8. The number of amidine groups is 1. The molecule has 0 heterocycles. The van der Waals surface area contributed by atoms with E-state index in [-0.39, 0.29) is 17.9 Å². The summed E-state index contributed by atoms with van der Waals surface area (Å²) in [7, 11) is 0. The van der Waals surface area contributed by atoms with Gasteiger partial charge in [0.15, 0.2) is 6.04 Å². The lowest BCUT2D eigenvalue weighted by molar-refractivity contribution is -0.144. The number of benzene rings is 2. The number of aryl methyl sites for hydroxylation is 1. The summed E-state index contributed by atoms with van der Waals surface area (Å²) in [5, 5.41) is 10.8. The van der Waals surface area contributed by atoms with Crippen LogP contribution in [-0.2, 0) is 16.0 Å². The number of nitrogens with one attached hydrogen (secondary N) is 2. The van der Waals surface area contributed by atoms with Gasteiger partial charge >= 0.3 is 5.97 Å². The molecular formula is C24H31N3O3. The summed E-state index contributed by atoms with van der Waals surface area (Å²) in [6, 6.07) is 12.5. The molecule has 0 amide bonds. The topological polar surface area (TPSA) is 97.4 Å². The third-order valence-electron chi connectivity index (χ3n) is 5.36. The molecule has 0 bridgehead atoms. The highest BCUT2D eigenvalue weighted by Gasteiger charge is 2.24. The quantitative estimate of drug-likeness (QED) is 0.320. The van der Waals surface area contributed by atoms with Crippen LogP contribution in [0.4, 0.5) is 5.69 Å². The van der Waals surface area contributed by atoms with Crippen LogP contribution >= 0.6 is 0 Å². The molecular weight excluding hydrogens is 378 g/mol. The van der Waals surface area contributed by atoms with Gasteiger partial charge in [0.2, 0.25) is 0 Å². The lowest BCUT2D eigenvalue weighted by Gasteiger charge is -2.21. The Morgan fingerprint density at radius 3 is 2.47 bits per heavy atom. The minimum absolute atomic E-state index is 0.00726. The first-order valence-electron chi connectivity index (χ1n) is 10.7. The zero-order chi connectivity index (χ0) is 21.5. The zero-order valence-corrected chi connectivity index (χ0v) is 17.7. The number of esters is 1. The summed E-state index contributed by atoms with van der Waals surface area (Å²) >= 11 is 0. The number of hydrogen-bond acceptors (Lipinski definition) is 5. The number of carbonyl (C=O) groups is 1. The van der Waals surface area contributed by atoms with Gasteiger partial charge in [-0.25, -0.2) is 4.79 Å². The Labute approximate surface area is 178 Å². The molecule has 4 N–H and O–H groups in total. The first kappa shape index (κ1) is 21.7. The second-order valence-corrected chi connectivity index (χ2v) is 7.61. The van der Waals surface area contributed by atoms with Crippen molar-refractivity contribution in [1.82, 2.24) is 0 Å². The molecule has 6 heteroatoms. The maximum Gasteiger partial charge on any atom is 0.333 e. The fourth-order valence-electron chi connectivity index (χ4n) is 3.74. The molecule has 0 spiro atoms. The smallest absolute Gasteiger partial charge is 0.333 e. The van der Waals surface area contributed by atoms with E-state index in [0.717, 1.165) is 41.8 Å². The number of carbonyl (C=O) groups excluding carboxylic acids is 1. The molecule has 0 aromatic heterocycles. The van der Waals surface area contributed by atoms with E-state index in [1.54, 1.807) is 19.1 Å². The molecule has 160 valence electrons. The summed E-state index contributed by atoms with van der Waals surface area (Å²) in [4.78, 5) is 12.8. The Hall–Kier alpha value is -3.02. The van der Waals surface area contributed by atoms with Crippen molar-refractivity contribution in [3.8, 4) is 5.75 Å². The molecule has 6 nitrogen and oxygen atoms in total. The van der Waals surface area contributed by atoms with Gasteiger partial charge in [0.25, 0.3) is 0 Å². The standard InChI is InChI=1S/C24H31N3O3/c1-3-16-13-18(15-21(14-16)30-20-7-5-6-8-20)22(24(28)29-4-2)27-19-11-9-17(10-12-19)23(25)26/h9-15,20,22,27H,3-8H2,1-2H3,(H3,25,26). The van der Waals surface area contributed by atoms with Gasteiger partial charge < -0.3 is 20.5 Å². The van der Waals surface area contributed by atoms with E-state index in [9.17, 15) is 4.79 Å². The predicted molar refractivity (Wildman–Crippen MR) is 119 cm³/mol. The minimum Gasteiger partial charge on any atom is -0.490 e. The monoisotopic (exact) mass is 409 g/mol. The molecule has 2 aromatic rings. The van der Waals surface area contributed by atoms with E-state index in [1.807, 2.05) is 24.3 Å². The van der Waals surface area contributed by atoms with Gasteiger partial charge in [0.05, 0.1) is 12.7 Å². The normalized spacial score (nSPS) is 14.9. The second kappa shape index (κ2) is 10.1. The van der Waals surface area contributed by atoms with Crippen LogP contribution in [0, 0.1) is 5.41 Å². The van der Waals surface area contributed by atoms with Gasteiger partial charge in [-0.2, -0.15) is 0 Å². The van der Waals surface area contributed by atoms with Crippen molar-refractivity contribution in [2.45, 2.75) is 58.1 Å². The molecule has 30 heavy (non-hydrogen) atoms. The molecule has 0 saturated heterocycles. The van der Waals surface area contributed by atoms with Crippen molar-refractivity contribution < 1.29 is 14.3 Å². The van der Waals surface area contributed by atoms with E-state index in [1.165, 1.54) is 12.8 Å². The van der Waals surface area contributed by atoms with E-state index >= 15 is 0 Å². The van der Waals surface area contributed by atoms with Crippen LogP contribution in [0.5, 0.6) is 5.75 Å². The lowest BCUT2D eigenvalue weighted by Crippen LogP contribution is -2.24. The van der Waals surface area contributed by atoms with Crippen LogP contribution in [-0.4, -0.2) is 24.5 Å². The zero-order valence-electron chi connectivity index (χ0n) is 17.7. The van der Waals surface area contributed by atoms with E-state index in [2.05, 4.69) is 18.3 Å². The summed E-state index contributed by atoms with van der Waals surface area (Å²) in [5.74, 6) is 0.473. The molecule has 2 aromatic carbocycles. The number of ether oxygens (including phenoxy) is 2. The van der Waals surface area contributed by atoms with Crippen molar-refractivity contribution in [3.05, 3.63) is 59.2 Å². The first-order valence-corrected chi connectivity index (χ1v) is 10.7. The van der Waals surface area contributed by atoms with Crippen molar-refractivity contribution in [2.75, 3.05) is 11.9 Å². The number of hydrogen-bond donors (Lipinski definition) is 3. The molecule has 1 aliphatic carbocycles. The molecule has 0 aliphatic heterocycles. The minimum atomic E-state index is -0.662. The van der Waals surface area contributed by atoms with Gasteiger partial charge in [-0.1, -0.05) is 13.0 Å². The molecule has 1 saturated carbocycles. The van der Waals surface area contributed by atoms with Crippen LogP contribution in [0.25, 0.3) is 0 Å². The molecule has 1 aliphatic rings. The van der Waals surface area contributed by atoms with Crippen molar-refractivity contribution in [3.63, 3.8) is 0 Å². The maximum atomic E-state index is 12.8. The number of anilines is 1. The molecule has 1 atom stereocenters. The van der Waals surface area contributed by atoms with Crippen LogP contribution in [0.2, 0.25) is 0 Å².